The van der Waals surface area contributed by atoms with Crippen LogP contribution in [0.25, 0.3) is 0 Å². The van der Waals surface area contributed by atoms with Crippen molar-refractivity contribution >= 4 is 21.8 Å². The predicted molar refractivity (Wildman–Crippen MR) is 77.8 cm³/mol. The number of carbonyl (C=O) groups excluding carboxylic acids is 1. The SMILES string of the molecule is Cc1[nH]cc(C(=O)N2CC(C3CCOC3)C2)c(=O)c1Br. The Kier molecular flexibility index (Phi) is 3.69. The fourth-order valence-electron chi connectivity index (χ4n) is 2.83. The van der Waals surface area contributed by atoms with Gasteiger partial charge in [0.05, 0.1) is 4.47 Å². The summed E-state index contributed by atoms with van der Waals surface area (Å²) in [6.07, 6.45) is 2.60. The van der Waals surface area contributed by atoms with Gasteiger partial charge in [-0.15, -0.1) is 0 Å². The van der Waals surface area contributed by atoms with E-state index in [0.29, 0.717) is 16.3 Å². The quantitative estimate of drug-likeness (QED) is 0.888. The molecule has 1 unspecified atom stereocenters. The molecule has 3 heterocycles. The maximum atomic E-state index is 12.3. The Bertz CT molecular complexity index is 587. The zero-order valence-corrected chi connectivity index (χ0v) is 12.9. The van der Waals surface area contributed by atoms with Gasteiger partial charge in [-0.3, -0.25) is 9.59 Å². The van der Waals surface area contributed by atoms with Crippen molar-refractivity contribution in [1.82, 2.24) is 9.88 Å². The first kappa shape index (κ1) is 13.8. The normalized spacial score (nSPS) is 22.9. The van der Waals surface area contributed by atoms with Crippen LogP contribution in [-0.4, -0.2) is 42.1 Å². The van der Waals surface area contributed by atoms with E-state index < -0.39 is 0 Å². The summed E-state index contributed by atoms with van der Waals surface area (Å²) in [6.45, 7) is 4.90. The van der Waals surface area contributed by atoms with Gasteiger partial charge in [-0.25, -0.2) is 0 Å². The minimum absolute atomic E-state index is 0.179. The average Bonchev–Trinajstić information content (AvgIpc) is 2.88. The first-order valence-electron chi connectivity index (χ1n) is 6.82. The lowest BCUT2D eigenvalue weighted by atomic mass is 9.85. The van der Waals surface area contributed by atoms with E-state index in [0.717, 1.165) is 38.4 Å². The predicted octanol–water partition coefficient (Wildman–Crippen LogP) is 1.55. The number of aryl methyl sites for hydroxylation is 1. The lowest BCUT2D eigenvalue weighted by molar-refractivity contribution is 0.0340. The Balaban J connectivity index is 1.69. The molecule has 2 saturated heterocycles. The van der Waals surface area contributed by atoms with Gasteiger partial charge >= 0.3 is 0 Å². The number of H-pyrrole nitrogens is 1. The number of hydrogen-bond acceptors (Lipinski definition) is 3. The number of nitrogens with zero attached hydrogens (tertiary/aromatic N) is 1. The number of hydrogen-bond donors (Lipinski definition) is 1. The fraction of sp³-hybridized carbons (Fsp3) is 0.571. The molecule has 1 atom stereocenters. The number of aromatic amines is 1. The van der Waals surface area contributed by atoms with Crippen molar-refractivity contribution in [3.05, 3.63) is 32.2 Å². The zero-order chi connectivity index (χ0) is 14.3. The molecular formula is C14H17BrN2O3. The number of pyridine rings is 1. The van der Waals surface area contributed by atoms with Crippen molar-refractivity contribution in [2.45, 2.75) is 13.3 Å². The maximum Gasteiger partial charge on any atom is 0.259 e. The number of likely N-dealkylation sites (tertiary alicyclic amines) is 1. The van der Waals surface area contributed by atoms with Gasteiger partial charge in [0.25, 0.3) is 5.91 Å². The van der Waals surface area contributed by atoms with Crippen LogP contribution >= 0.6 is 15.9 Å². The Morgan fingerprint density at radius 2 is 2.20 bits per heavy atom. The molecule has 6 heteroatoms. The molecule has 3 rings (SSSR count). The van der Waals surface area contributed by atoms with Gasteiger partial charge in [-0.05, 0) is 41.1 Å². The van der Waals surface area contributed by atoms with Crippen molar-refractivity contribution in [1.29, 1.82) is 0 Å². The van der Waals surface area contributed by atoms with E-state index in [2.05, 4.69) is 20.9 Å². The summed E-state index contributed by atoms with van der Waals surface area (Å²) in [5.74, 6) is 0.915. The first-order chi connectivity index (χ1) is 9.58. The number of rotatable bonds is 2. The van der Waals surface area contributed by atoms with Crippen molar-refractivity contribution in [3.63, 3.8) is 0 Å². The van der Waals surface area contributed by atoms with Gasteiger partial charge in [0.1, 0.15) is 5.56 Å². The molecule has 0 spiro atoms. The third-order valence-corrected chi connectivity index (χ3v) is 5.22. The van der Waals surface area contributed by atoms with Crippen LogP contribution < -0.4 is 5.43 Å². The Labute approximate surface area is 125 Å². The highest BCUT2D eigenvalue weighted by molar-refractivity contribution is 9.10. The maximum absolute atomic E-state index is 12.3. The van der Waals surface area contributed by atoms with Crippen LogP contribution in [0.5, 0.6) is 0 Å². The summed E-state index contributed by atoms with van der Waals surface area (Å²) in [6, 6.07) is 0. The van der Waals surface area contributed by atoms with Crippen LogP contribution in [0, 0.1) is 18.8 Å². The molecule has 5 nitrogen and oxygen atoms in total. The monoisotopic (exact) mass is 340 g/mol. The second kappa shape index (κ2) is 5.33. The van der Waals surface area contributed by atoms with Crippen molar-refractivity contribution < 1.29 is 9.53 Å². The molecule has 2 aliphatic heterocycles. The van der Waals surface area contributed by atoms with E-state index in [1.54, 1.807) is 11.8 Å². The van der Waals surface area contributed by atoms with Crippen LogP contribution in [-0.2, 0) is 4.74 Å². The molecule has 108 valence electrons. The van der Waals surface area contributed by atoms with Crippen LogP contribution in [0.4, 0.5) is 0 Å². The standard InChI is InChI=1S/C14H17BrN2O3/c1-8-12(15)13(18)11(4-16-8)14(19)17-5-10(6-17)9-2-3-20-7-9/h4,9-10H,2-3,5-7H2,1H3,(H,16,18). The summed E-state index contributed by atoms with van der Waals surface area (Å²) in [7, 11) is 0. The van der Waals surface area contributed by atoms with Crippen molar-refractivity contribution in [2.24, 2.45) is 11.8 Å². The molecule has 0 saturated carbocycles. The number of carbonyl (C=O) groups is 1. The number of ether oxygens (including phenoxy) is 1. The lowest BCUT2D eigenvalue weighted by Gasteiger charge is -2.42. The molecule has 0 bridgehead atoms. The lowest BCUT2D eigenvalue weighted by Crippen LogP contribution is -2.53. The smallest absolute Gasteiger partial charge is 0.259 e. The minimum atomic E-state index is -0.237. The summed E-state index contributed by atoms with van der Waals surface area (Å²) in [5.41, 5.74) is 0.707. The number of aromatic nitrogens is 1. The average molecular weight is 341 g/mol. The first-order valence-corrected chi connectivity index (χ1v) is 7.62. The second-order valence-corrected chi connectivity index (χ2v) is 6.36. The molecule has 20 heavy (non-hydrogen) atoms. The van der Waals surface area contributed by atoms with Crippen LogP contribution in [0.15, 0.2) is 15.5 Å². The summed E-state index contributed by atoms with van der Waals surface area (Å²) >= 11 is 3.22. The minimum Gasteiger partial charge on any atom is -0.381 e. The van der Waals surface area contributed by atoms with Crippen molar-refractivity contribution in [3.8, 4) is 0 Å². The highest BCUT2D eigenvalue weighted by Crippen LogP contribution is 2.30. The zero-order valence-electron chi connectivity index (χ0n) is 11.3. The van der Waals surface area contributed by atoms with E-state index in [-0.39, 0.29) is 16.9 Å². The van der Waals surface area contributed by atoms with E-state index in [4.69, 9.17) is 4.74 Å². The van der Waals surface area contributed by atoms with E-state index in [1.807, 2.05) is 0 Å². The highest BCUT2D eigenvalue weighted by atomic mass is 79.9. The molecule has 1 N–H and O–H groups in total. The number of amides is 1. The molecule has 1 aromatic rings. The Hall–Kier alpha value is -1.14. The van der Waals surface area contributed by atoms with E-state index in [1.165, 1.54) is 6.20 Å². The second-order valence-electron chi connectivity index (χ2n) is 5.56. The molecule has 0 radical (unpaired) electrons. The van der Waals surface area contributed by atoms with Gasteiger partial charge in [0.2, 0.25) is 5.43 Å². The molecular weight excluding hydrogens is 324 g/mol. The van der Waals surface area contributed by atoms with Crippen molar-refractivity contribution in [2.75, 3.05) is 26.3 Å². The van der Waals surface area contributed by atoms with Gasteiger partial charge in [-0.2, -0.15) is 0 Å². The third-order valence-electron chi connectivity index (χ3n) is 4.27. The molecule has 1 aromatic heterocycles. The van der Waals surface area contributed by atoms with E-state index in [9.17, 15) is 9.59 Å². The van der Waals surface area contributed by atoms with Gasteiger partial charge in [-0.1, -0.05) is 0 Å². The summed E-state index contributed by atoms with van der Waals surface area (Å²) in [4.78, 5) is 29.1. The Morgan fingerprint density at radius 1 is 1.45 bits per heavy atom. The number of halogens is 1. The van der Waals surface area contributed by atoms with Gasteiger partial charge < -0.3 is 14.6 Å². The largest absolute Gasteiger partial charge is 0.381 e. The van der Waals surface area contributed by atoms with Gasteiger partial charge in [0, 0.05) is 38.2 Å². The van der Waals surface area contributed by atoms with Crippen LogP contribution in [0.3, 0.4) is 0 Å². The van der Waals surface area contributed by atoms with E-state index >= 15 is 0 Å². The Morgan fingerprint density at radius 3 is 2.85 bits per heavy atom. The summed E-state index contributed by atoms with van der Waals surface area (Å²) < 4.78 is 5.81. The summed E-state index contributed by atoms with van der Waals surface area (Å²) in [5, 5.41) is 0. The molecule has 0 aromatic carbocycles. The fourth-order valence-corrected chi connectivity index (χ4v) is 3.16. The molecule has 0 aliphatic carbocycles. The molecule has 2 fully saturated rings. The van der Waals surface area contributed by atoms with Gasteiger partial charge in [0.15, 0.2) is 0 Å². The number of nitrogens with one attached hydrogen (secondary N) is 1. The topological polar surface area (TPSA) is 62.4 Å². The highest BCUT2D eigenvalue weighted by Gasteiger charge is 2.38. The molecule has 2 aliphatic rings. The van der Waals surface area contributed by atoms with Crippen LogP contribution in [0.2, 0.25) is 0 Å². The van der Waals surface area contributed by atoms with Crippen LogP contribution in [0.1, 0.15) is 22.5 Å². The third kappa shape index (κ3) is 2.31. The molecule has 1 amide bonds.